The normalized spacial score (nSPS) is 27.3. The summed E-state index contributed by atoms with van der Waals surface area (Å²) in [5.41, 5.74) is 5.24. The molecule has 1 saturated heterocycles. The second-order valence-electron chi connectivity index (χ2n) is 3.73. The molecule has 0 aromatic heterocycles. The van der Waals surface area contributed by atoms with Crippen LogP contribution < -0.4 is 10.7 Å². The summed E-state index contributed by atoms with van der Waals surface area (Å²) >= 11 is 0. The van der Waals surface area contributed by atoms with Gasteiger partial charge in [0.05, 0.1) is 5.70 Å². The zero-order valence-corrected chi connectivity index (χ0v) is 8.03. The SMILES string of the molecule is O=C(O)C1=C2C=CC=C2N2NCCC2N1. The fraction of sp³-hybridized carbons (Fsp3) is 0.300. The Labute approximate surface area is 86.7 Å². The molecule has 2 heterocycles. The molecule has 0 spiro atoms. The maximum Gasteiger partial charge on any atom is 0.352 e. The number of nitrogens with zero attached hydrogens (tertiary/aromatic N) is 1. The number of fused-ring (bicyclic) bond motifs is 3. The number of hydrogen-bond acceptors (Lipinski definition) is 4. The van der Waals surface area contributed by atoms with Crippen molar-refractivity contribution in [2.45, 2.75) is 12.6 Å². The van der Waals surface area contributed by atoms with Crippen molar-refractivity contribution in [3.63, 3.8) is 0 Å². The fourth-order valence-electron chi connectivity index (χ4n) is 2.20. The van der Waals surface area contributed by atoms with Crippen molar-refractivity contribution in [2.24, 2.45) is 0 Å². The molecule has 3 N–H and O–H groups in total. The number of rotatable bonds is 1. The first-order valence-corrected chi connectivity index (χ1v) is 4.93. The van der Waals surface area contributed by atoms with Gasteiger partial charge in [-0.25, -0.2) is 10.2 Å². The quantitative estimate of drug-likeness (QED) is 0.558. The van der Waals surface area contributed by atoms with E-state index in [0.717, 1.165) is 24.2 Å². The second-order valence-corrected chi connectivity index (χ2v) is 3.73. The van der Waals surface area contributed by atoms with E-state index in [0.29, 0.717) is 5.70 Å². The van der Waals surface area contributed by atoms with E-state index in [1.165, 1.54) is 0 Å². The minimum Gasteiger partial charge on any atom is -0.477 e. The fourth-order valence-corrected chi connectivity index (χ4v) is 2.20. The third kappa shape index (κ3) is 1.10. The molecule has 0 radical (unpaired) electrons. The lowest BCUT2D eigenvalue weighted by Gasteiger charge is -2.34. The Morgan fingerprint density at radius 3 is 3.27 bits per heavy atom. The van der Waals surface area contributed by atoms with Gasteiger partial charge < -0.3 is 10.4 Å². The number of nitrogens with one attached hydrogen (secondary N) is 2. The predicted molar refractivity (Wildman–Crippen MR) is 53.3 cm³/mol. The molecule has 1 atom stereocenters. The molecule has 1 unspecified atom stereocenters. The zero-order chi connectivity index (χ0) is 10.4. The summed E-state index contributed by atoms with van der Waals surface area (Å²) in [6.45, 7) is 0.870. The van der Waals surface area contributed by atoms with Crippen LogP contribution in [0.25, 0.3) is 0 Å². The lowest BCUT2D eigenvalue weighted by Crippen LogP contribution is -2.49. The molecule has 0 bridgehead atoms. The Kier molecular flexibility index (Phi) is 1.63. The Balaban J connectivity index is 2.08. The molecule has 5 nitrogen and oxygen atoms in total. The van der Waals surface area contributed by atoms with Crippen LogP contribution in [0, 0.1) is 0 Å². The molecular weight excluding hydrogens is 194 g/mol. The van der Waals surface area contributed by atoms with E-state index >= 15 is 0 Å². The standard InChI is InChI=1S/C10H11N3O2/c14-10(15)9-6-2-1-3-7(6)13-8(12-9)4-5-11-13/h1-3,8,11-12H,4-5H2,(H,14,15). The molecule has 15 heavy (non-hydrogen) atoms. The third-order valence-electron chi connectivity index (χ3n) is 2.86. The van der Waals surface area contributed by atoms with Crippen LogP contribution in [0.1, 0.15) is 6.42 Å². The molecule has 5 heteroatoms. The van der Waals surface area contributed by atoms with Crippen molar-refractivity contribution in [1.29, 1.82) is 0 Å². The summed E-state index contributed by atoms with van der Waals surface area (Å²) in [6.07, 6.45) is 6.59. The number of aliphatic carboxylic acids is 1. The molecular formula is C10H11N3O2. The van der Waals surface area contributed by atoms with Gasteiger partial charge in [-0.3, -0.25) is 5.01 Å². The molecule has 0 amide bonds. The number of hydrazine groups is 1. The molecule has 1 fully saturated rings. The maximum atomic E-state index is 11.1. The van der Waals surface area contributed by atoms with Crippen molar-refractivity contribution in [1.82, 2.24) is 15.8 Å². The van der Waals surface area contributed by atoms with E-state index in [1.54, 1.807) is 0 Å². The van der Waals surface area contributed by atoms with Crippen LogP contribution in [-0.2, 0) is 4.79 Å². The summed E-state index contributed by atoms with van der Waals surface area (Å²) in [7, 11) is 0. The molecule has 0 aromatic carbocycles. The molecule has 1 aliphatic carbocycles. The summed E-state index contributed by atoms with van der Waals surface area (Å²) < 4.78 is 0. The Morgan fingerprint density at radius 2 is 2.47 bits per heavy atom. The summed E-state index contributed by atoms with van der Waals surface area (Å²) in [5.74, 6) is -0.894. The van der Waals surface area contributed by atoms with Gasteiger partial charge in [0.1, 0.15) is 11.9 Å². The van der Waals surface area contributed by atoms with E-state index in [4.69, 9.17) is 5.11 Å². The van der Waals surface area contributed by atoms with E-state index in [2.05, 4.69) is 10.7 Å². The van der Waals surface area contributed by atoms with Gasteiger partial charge in [-0.2, -0.15) is 0 Å². The van der Waals surface area contributed by atoms with Crippen LogP contribution in [-0.4, -0.2) is 28.8 Å². The Bertz CT molecular complexity index is 422. The van der Waals surface area contributed by atoms with Crippen LogP contribution >= 0.6 is 0 Å². The smallest absolute Gasteiger partial charge is 0.352 e. The van der Waals surface area contributed by atoms with E-state index in [1.807, 2.05) is 23.2 Å². The van der Waals surface area contributed by atoms with Gasteiger partial charge in [-0.15, -0.1) is 0 Å². The minimum absolute atomic E-state index is 0.0611. The van der Waals surface area contributed by atoms with Gasteiger partial charge in [0.2, 0.25) is 0 Å². The number of hydrogen-bond donors (Lipinski definition) is 3. The highest BCUT2D eigenvalue weighted by Gasteiger charge is 2.36. The van der Waals surface area contributed by atoms with Crippen molar-refractivity contribution >= 4 is 5.97 Å². The second kappa shape index (κ2) is 2.87. The molecule has 3 aliphatic rings. The van der Waals surface area contributed by atoms with Gasteiger partial charge in [0, 0.05) is 18.5 Å². The Morgan fingerprint density at radius 1 is 1.60 bits per heavy atom. The molecule has 2 aliphatic heterocycles. The maximum absolute atomic E-state index is 11.1. The first-order chi connectivity index (χ1) is 7.27. The average molecular weight is 205 g/mol. The first-order valence-electron chi connectivity index (χ1n) is 4.93. The van der Waals surface area contributed by atoms with Gasteiger partial charge in [-0.1, -0.05) is 12.2 Å². The van der Waals surface area contributed by atoms with E-state index in [9.17, 15) is 4.79 Å². The highest BCUT2D eigenvalue weighted by atomic mass is 16.4. The molecule has 0 saturated carbocycles. The summed E-state index contributed by atoms with van der Waals surface area (Å²) in [5, 5.41) is 14.1. The van der Waals surface area contributed by atoms with Gasteiger partial charge in [0.15, 0.2) is 0 Å². The number of carbonyl (C=O) groups is 1. The van der Waals surface area contributed by atoms with Crippen LogP contribution in [0.3, 0.4) is 0 Å². The topological polar surface area (TPSA) is 64.6 Å². The lowest BCUT2D eigenvalue weighted by molar-refractivity contribution is -0.133. The third-order valence-corrected chi connectivity index (χ3v) is 2.86. The highest BCUT2D eigenvalue weighted by molar-refractivity contribution is 5.89. The average Bonchev–Trinajstić information content (AvgIpc) is 2.83. The van der Waals surface area contributed by atoms with Crippen LogP contribution in [0.5, 0.6) is 0 Å². The monoisotopic (exact) mass is 205 g/mol. The van der Waals surface area contributed by atoms with Crippen LogP contribution in [0.15, 0.2) is 35.2 Å². The lowest BCUT2D eigenvalue weighted by atomic mass is 10.1. The predicted octanol–water partition coefficient (Wildman–Crippen LogP) is -0.0816. The van der Waals surface area contributed by atoms with Crippen molar-refractivity contribution in [2.75, 3.05) is 6.54 Å². The van der Waals surface area contributed by atoms with Crippen molar-refractivity contribution < 1.29 is 9.90 Å². The number of carboxylic acids is 1. The highest BCUT2D eigenvalue weighted by Crippen LogP contribution is 2.31. The van der Waals surface area contributed by atoms with Crippen molar-refractivity contribution in [3.05, 3.63) is 35.2 Å². The minimum atomic E-state index is -0.894. The summed E-state index contributed by atoms with van der Waals surface area (Å²) in [6, 6.07) is 0. The Hall–Kier alpha value is -1.75. The molecule has 78 valence electrons. The van der Waals surface area contributed by atoms with Crippen LogP contribution in [0.4, 0.5) is 0 Å². The number of allylic oxidation sites excluding steroid dienone is 3. The summed E-state index contributed by atoms with van der Waals surface area (Å²) in [4.78, 5) is 11.1. The van der Waals surface area contributed by atoms with Gasteiger partial charge in [0.25, 0.3) is 0 Å². The molecule has 0 aromatic rings. The number of carboxylic acid groups (broad SMARTS) is 1. The van der Waals surface area contributed by atoms with Crippen LogP contribution in [0.2, 0.25) is 0 Å². The van der Waals surface area contributed by atoms with Crippen molar-refractivity contribution in [3.8, 4) is 0 Å². The molecule has 3 rings (SSSR count). The van der Waals surface area contributed by atoms with E-state index < -0.39 is 5.97 Å². The first kappa shape index (κ1) is 8.55. The largest absolute Gasteiger partial charge is 0.477 e. The van der Waals surface area contributed by atoms with Gasteiger partial charge in [-0.05, 0) is 6.08 Å². The van der Waals surface area contributed by atoms with E-state index in [-0.39, 0.29) is 6.17 Å². The van der Waals surface area contributed by atoms with Gasteiger partial charge >= 0.3 is 5.97 Å². The zero-order valence-electron chi connectivity index (χ0n) is 8.03.